The van der Waals surface area contributed by atoms with E-state index in [0.29, 0.717) is 24.7 Å². The molecule has 0 saturated carbocycles. The zero-order chi connectivity index (χ0) is 13.7. The second kappa shape index (κ2) is 6.40. The zero-order valence-corrected chi connectivity index (χ0v) is 11.4. The molecule has 0 aliphatic rings. The first-order valence-corrected chi connectivity index (χ1v) is 6.14. The minimum Gasteiger partial charge on any atom is -0.383 e. The second-order valence-electron chi connectivity index (χ2n) is 4.35. The molecule has 0 fully saturated rings. The Morgan fingerprint density at radius 3 is 3.00 bits per heavy atom. The number of nitrogens with zero attached hydrogens (tertiary/aromatic N) is 3. The van der Waals surface area contributed by atoms with E-state index in [0.717, 1.165) is 11.1 Å². The topological polar surface area (TPSA) is 73.1 Å². The van der Waals surface area contributed by atoms with E-state index in [4.69, 9.17) is 9.26 Å². The largest absolute Gasteiger partial charge is 0.383 e. The van der Waals surface area contributed by atoms with Crippen molar-refractivity contribution in [1.29, 1.82) is 0 Å². The van der Waals surface area contributed by atoms with Crippen LogP contribution in [0, 0.1) is 6.92 Å². The summed E-state index contributed by atoms with van der Waals surface area (Å²) in [7, 11) is 3.55. The fraction of sp³-hybridized carbons (Fsp3) is 0.462. The van der Waals surface area contributed by atoms with Crippen LogP contribution in [-0.4, -0.2) is 41.9 Å². The summed E-state index contributed by atoms with van der Waals surface area (Å²) in [6, 6.07) is 2.05. The van der Waals surface area contributed by atoms with Crippen LogP contribution < -0.4 is 5.32 Å². The molecular formula is C13H18N4O2. The molecule has 0 spiro atoms. The maximum Gasteiger partial charge on any atom is 0.228 e. The van der Waals surface area contributed by atoms with Crippen LogP contribution in [0.4, 0.5) is 0 Å². The number of methoxy groups -OCH3 is 1. The number of rotatable bonds is 6. The summed E-state index contributed by atoms with van der Waals surface area (Å²) in [5, 5.41) is 7.16. The van der Waals surface area contributed by atoms with E-state index < -0.39 is 0 Å². The van der Waals surface area contributed by atoms with Gasteiger partial charge in [0.05, 0.1) is 6.61 Å². The van der Waals surface area contributed by atoms with E-state index in [-0.39, 0.29) is 6.04 Å². The first-order valence-electron chi connectivity index (χ1n) is 6.14. The molecule has 1 atom stereocenters. The molecule has 0 radical (unpaired) electrons. The van der Waals surface area contributed by atoms with Crippen LogP contribution in [0.25, 0.3) is 11.4 Å². The highest BCUT2D eigenvalue weighted by Gasteiger charge is 2.14. The number of nitrogens with one attached hydrogen (secondary N) is 1. The molecule has 0 aromatic carbocycles. The highest BCUT2D eigenvalue weighted by atomic mass is 16.5. The highest BCUT2D eigenvalue weighted by Crippen LogP contribution is 2.19. The van der Waals surface area contributed by atoms with E-state index >= 15 is 0 Å². The molecule has 1 N–H and O–H groups in total. The molecule has 1 unspecified atom stereocenters. The van der Waals surface area contributed by atoms with Crippen molar-refractivity contribution in [1.82, 2.24) is 20.4 Å². The van der Waals surface area contributed by atoms with Gasteiger partial charge in [-0.15, -0.1) is 0 Å². The number of likely N-dealkylation sites (N-methyl/N-ethyl adjacent to an activating group) is 1. The van der Waals surface area contributed by atoms with Gasteiger partial charge in [0.15, 0.2) is 0 Å². The summed E-state index contributed by atoms with van der Waals surface area (Å²) in [6.07, 6.45) is 4.15. The Kier molecular flexibility index (Phi) is 4.59. The SMILES string of the molecule is CNC(COC)Cc1nc(-c2ccncc2C)no1. The molecule has 6 heteroatoms. The van der Waals surface area contributed by atoms with E-state index in [2.05, 4.69) is 20.4 Å². The first-order chi connectivity index (χ1) is 9.24. The fourth-order valence-electron chi connectivity index (χ4n) is 1.83. The van der Waals surface area contributed by atoms with Gasteiger partial charge in [-0.05, 0) is 25.6 Å². The van der Waals surface area contributed by atoms with Gasteiger partial charge in [0.25, 0.3) is 0 Å². The summed E-state index contributed by atoms with van der Waals surface area (Å²) < 4.78 is 10.4. The van der Waals surface area contributed by atoms with Crippen LogP contribution in [-0.2, 0) is 11.2 Å². The molecule has 0 amide bonds. The molecule has 102 valence electrons. The smallest absolute Gasteiger partial charge is 0.228 e. The lowest BCUT2D eigenvalue weighted by atomic mass is 10.1. The fourth-order valence-corrected chi connectivity index (χ4v) is 1.83. The van der Waals surface area contributed by atoms with E-state index in [1.54, 1.807) is 19.5 Å². The van der Waals surface area contributed by atoms with E-state index in [1.807, 2.05) is 20.0 Å². The average Bonchev–Trinajstić information content (AvgIpc) is 2.87. The number of hydrogen-bond acceptors (Lipinski definition) is 6. The van der Waals surface area contributed by atoms with Gasteiger partial charge in [-0.1, -0.05) is 5.16 Å². The molecule has 19 heavy (non-hydrogen) atoms. The van der Waals surface area contributed by atoms with Crippen molar-refractivity contribution >= 4 is 0 Å². The van der Waals surface area contributed by atoms with E-state index in [9.17, 15) is 0 Å². The number of aromatic nitrogens is 3. The van der Waals surface area contributed by atoms with Crippen LogP contribution in [0.1, 0.15) is 11.5 Å². The van der Waals surface area contributed by atoms with Crippen molar-refractivity contribution in [2.75, 3.05) is 20.8 Å². The van der Waals surface area contributed by atoms with Crippen LogP contribution >= 0.6 is 0 Å². The van der Waals surface area contributed by atoms with Gasteiger partial charge in [-0.2, -0.15) is 4.98 Å². The molecule has 2 aromatic rings. The molecule has 0 saturated heterocycles. The van der Waals surface area contributed by atoms with Crippen molar-refractivity contribution in [2.24, 2.45) is 0 Å². The van der Waals surface area contributed by atoms with Crippen molar-refractivity contribution in [3.63, 3.8) is 0 Å². The van der Waals surface area contributed by atoms with Gasteiger partial charge >= 0.3 is 0 Å². The van der Waals surface area contributed by atoms with Gasteiger partial charge in [0.1, 0.15) is 0 Å². The lowest BCUT2D eigenvalue weighted by Gasteiger charge is -2.11. The van der Waals surface area contributed by atoms with Gasteiger partial charge in [-0.25, -0.2) is 0 Å². The predicted octanol–water partition coefficient (Wildman–Crippen LogP) is 1.22. The quantitative estimate of drug-likeness (QED) is 0.843. The number of hydrogen-bond donors (Lipinski definition) is 1. The number of aryl methyl sites for hydroxylation is 1. The molecule has 2 aromatic heterocycles. The summed E-state index contributed by atoms with van der Waals surface area (Å²) >= 11 is 0. The maximum atomic E-state index is 5.28. The van der Waals surface area contributed by atoms with Crippen LogP contribution in [0.15, 0.2) is 23.0 Å². The van der Waals surface area contributed by atoms with Gasteiger partial charge in [-0.3, -0.25) is 4.98 Å². The molecule has 0 aliphatic carbocycles. The maximum absolute atomic E-state index is 5.28. The Morgan fingerprint density at radius 2 is 2.32 bits per heavy atom. The van der Waals surface area contributed by atoms with Gasteiger partial charge < -0.3 is 14.6 Å². The lowest BCUT2D eigenvalue weighted by Crippen LogP contribution is -2.32. The predicted molar refractivity (Wildman–Crippen MR) is 70.7 cm³/mol. The third-order valence-corrected chi connectivity index (χ3v) is 2.93. The second-order valence-corrected chi connectivity index (χ2v) is 4.35. The van der Waals surface area contributed by atoms with Crippen molar-refractivity contribution < 1.29 is 9.26 Å². The van der Waals surface area contributed by atoms with Crippen molar-refractivity contribution in [3.8, 4) is 11.4 Å². The van der Waals surface area contributed by atoms with Crippen molar-refractivity contribution in [3.05, 3.63) is 29.9 Å². The Hall–Kier alpha value is -1.79. The molecule has 0 bridgehead atoms. The molecular weight excluding hydrogens is 244 g/mol. The minimum atomic E-state index is 0.164. The van der Waals surface area contributed by atoms with Crippen LogP contribution in [0.2, 0.25) is 0 Å². The Morgan fingerprint density at radius 1 is 1.47 bits per heavy atom. The Labute approximate surface area is 112 Å². The Bertz CT molecular complexity index is 527. The van der Waals surface area contributed by atoms with Crippen LogP contribution in [0.3, 0.4) is 0 Å². The summed E-state index contributed by atoms with van der Waals surface area (Å²) in [5.74, 6) is 1.20. The Balaban J connectivity index is 2.13. The average molecular weight is 262 g/mol. The normalized spacial score (nSPS) is 12.6. The molecule has 2 heterocycles. The highest BCUT2D eigenvalue weighted by molar-refractivity contribution is 5.57. The monoisotopic (exact) mass is 262 g/mol. The summed E-state index contributed by atoms with van der Waals surface area (Å²) in [4.78, 5) is 8.46. The standard InChI is InChI=1S/C13H18N4O2/c1-9-7-15-5-4-11(9)13-16-12(19-17-13)6-10(14-2)8-18-3/h4-5,7,10,14H,6,8H2,1-3H3. The van der Waals surface area contributed by atoms with Gasteiger partial charge in [0, 0.05) is 37.5 Å². The third kappa shape index (κ3) is 3.36. The van der Waals surface area contributed by atoms with Gasteiger partial charge in [0.2, 0.25) is 11.7 Å². The first kappa shape index (κ1) is 13.6. The minimum absolute atomic E-state index is 0.164. The zero-order valence-electron chi connectivity index (χ0n) is 11.4. The number of ether oxygens (including phenoxy) is 1. The van der Waals surface area contributed by atoms with E-state index in [1.165, 1.54) is 0 Å². The summed E-state index contributed by atoms with van der Waals surface area (Å²) in [5.41, 5.74) is 1.97. The summed E-state index contributed by atoms with van der Waals surface area (Å²) in [6.45, 7) is 2.57. The van der Waals surface area contributed by atoms with Crippen LogP contribution in [0.5, 0.6) is 0 Å². The third-order valence-electron chi connectivity index (χ3n) is 2.93. The van der Waals surface area contributed by atoms with Crippen molar-refractivity contribution in [2.45, 2.75) is 19.4 Å². The number of pyridine rings is 1. The molecule has 6 nitrogen and oxygen atoms in total. The lowest BCUT2D eigenvalue weighted by molar-refractivity contribution is 0.165. The molecule has 2 rings (SSSR count). The molecule has 0 aliphatic heterocycles.